The zero-order valence-electron chi connectivity index (χ0n) is 20.9. The first kappa shape index (κ1) is 27.8. The Morgan fingerprint density at radius 3 is 2.00 bits per heavy atom. The minimum absolute atomic E-state index is 0.0246. The number of carbonyl (C=O) groups excluding carboxylic acids is 2. The minimum Gasteiger partial charge on any atom is -0.507 e. The first-order chi connectivity index (χ1) is 18.0. The van der Waals surface area contributed by atoms with Crippen molar-refractivity contribution in [3.05, 3.63) is 40.6 Å². The number of benzene rings is 2. The quantitative estimate of drug-likeness (QED) is 0.200. The number of phenols is 3. The van der Waals surface area contributed by atoms with Gasteiger partial charge in [-0.3, -0.25) is 4.79 Å². The summed E-state index contributed by atoms with van der Waals surface area (Å²) in [6.45, 7) is 5.19. The van der Waals surface area contributed by atoms with Crippen LogP contribution in [0.1, 0.15) is 27.7 Å². The summed E-state index contributed by atoms with van der Waals surface area (Å²) in [5.41, 5.74) is -0.912. The van der Waals surface area contributed by atoms with Crippen molar-refractivity contribution in [1.82, 2.24) is 0 Å². The molecule has 0 radical (unpaired) electrons. The Morgan fingerprint density at radius 1 is 0.816 bits per heavy atom. The Labute approximate surface area is 215 Å². The fourth-order valence-electron chi connectivity index (χ4n) is 3.06. The number of aromatic hydroxyl groups is 3. The van der Waals surface area contributed by atoms with Crippen LogP contribution in [0.2, 0.25) is 0 Å². The highest BCUT2D eigenvalue weighted by molar-refractivity contribution is 5.88. The predicted molar refractivity (Wildman–Crippen MR) is 129 cm³/mol. The van der Waals surface area contributed by atoms with Gasteiger partial charge in [-0.2, -0.15) is 0 Å². The molecule has 13 nitrogen and oxygen atoms in total. The third-order valence-electron chi connectivity index (χ3n) is 4.59. The number of carbonyl (C=O) groups is 2. The topological polar surface area (TPSA) is 180 Å². The second-order valence-electron chi connectivity index (χ2n) is 8.25. The Balaban J connectivity index is 1.98. The molecule has 3 aromatic rings. The second-order valence-corrected chi connectivity index (χ2v) is 8.25. The van der Waals surface area contributed by atoms with Crippen LogP contribution in [0.4, 0.5) is 9.59 Å². The molecule has 0 aliphatic rings. The minimum atomic E-state index is -1.04. The summed E-state index contributed by atoms with van der Waals surface area (Å²) in [5, 5.41) is 29.8. The highest BCUT2D eigenvalue weighted by atomic mass is 16.8. The van der Waals surface area contributed by atoms with Gasteiger partial charge in [-0.25, -0.2) is 9.59 Å². The molecule has 1 aromatic heterocycles. The molecule has 0 amide bonds. The van der Waals surface area contributed by atoms with Crippen LogP contribution >= 0.6 is 0 Å². The zero-order chi connectivity index (χ0) is 28.0. The molecule has 13 heteroatoms. The van der Waals surface area contributed by atoms with Gasteiger partial charge in [0.2, 0.25) is 24.8 Å². The van der Waals surface area contributed by atoms with Crippen LogP contribution in [-0.4, -0.2) is 53.4 Å². The Bertz CT molecular complexity index is 1370. The van der Waals surface area contributed by atoms with Gasteiger partial charge in [0, 0.05) is 17.7 Å². The van der Waals surface area contributed by atoms with E-state index in [-0.39, 0.29) is 28.0 Å². The first-order valence-electron chi connectivity index (χ1n) is 11.2. The molecular formula is C25H26O13. The number of phenolic OH excluding ortho intramolecular Hbond substituents is 3. The summed E-state index contributed by atoms with van der Waals surface area (Å²) in [6.07, 6.45) is -2.87. The van der Waals surface area contributed by atoms with Gasteiger partial charge < -0.3 is 48.2 Å². The maximum atomic E-state index is 13.3. The van der Waals surface area contributed by atoms with Crippen molar-refractivity contribution >= 4 is 23.3 Å². The molecule has 0 atom stereocenters. The highest BCUT2D eigenvalue weighted by Gasteiger charge is 2.22. The third kappa shape index (κ3) is 6.90. The Morgan fingerprint density at radius 2 is 1.42 bits per heavy atom. The SMILES string of the molecule is CC(C)OC(=O)OCOc1cc(O)c2c(=O)c(OCOC(=O)OC(C)C)c(-c3ccc(O)c(O)c3)oc2c1. The average molecular weight is 534 g/mol. The molecule has 0 bridgehead atoms. The lowest BCUT2D eigenvalue weighted by atomic mass is 10.1. The third-order valence-corrected chi connectivity index (χ3v) is 4.59. The molecule has 0 fully saturated rings. The number of hydrogen-bond acceptors (Lipinski definition) is 13. The van der Waals surface area contributed by atoms with Gasteiger partial charge in [0.15, 0.2) is 17.3 Å². The van der Waals surface area contributed by atoms with E-state index >= 15 is 0 Å². The van der Waals surface area contributed by atoms with E-state index in [1.807, 2.05) is 0 Å². The lowest BCUT2D eigenvalue weighted by Gasteiger charge is -2.14. The predicted octanol–water partition coefficient (Wildman–Crippen LogP) is 4.37. The van der Waals surface area contributed by atoms with Gasteiger partial charge in [0.05, 0.1) is 12.2 Å². The fraction of sp³-hybridized carbons (Fsp3) is 0.320. The van der Waals surface area contributed by atoms with Crippen molar-refractivity contribution < 1.29 is 57.7 Å². The van der Waals surface area contributed by atoms with Crippen molar-refractivity contribution in [2.45, 2.75) is 39.9 Å². The van der Waals surface area contributed by atoms with Crippen LogP contribution < -0.4 is 14.9 Å². The molecule has 0 unspecified atom stereocenters. The molecule has 0 aliphatic carbocycles. The summed E-state index contributed by atoms with van der Waals surface area (Å²) >= 11 is 0. The van der Waals surface area contributed by atoms with Gasteiger partial charge in [-0.05, 0) is 45.9 Å². The molecule has 0 saturated heterocycles. The van der Waals surface area contributed by atoms with Gasteiger partial charge in [0.25, 0.3) is 0 Å². The average Bonchev–Trinajstić information content (AvgIpc) is 2.81. The number of fused-ring (bicyclic) bond motifs is 1. The maximum absolute atomic E-state index is 13.3. The van der Waals surface area contributed by atoms with Crippen LogP contribution in [0.15, 0.2) is 39.5 Å². The molecule has 1 heterocycles. The van der Waals surface area contributed by atoms with Crippen LogP contribution in [0, 0.1) is 0 Å². The van der Waals surface area contributed by atoms with E-state index in [1.54, 1.807) is 27.7 Å². The molecule has 3 N–H and O–H groups in total. The van der Waals surface area contributed by atoms with Crippen molar-refractivity contribution in [2.75, 3.05) is 13.6 Å². The standard InChI is InChI=1S/C25H26O13/c1-12(2)36-24(30)34-10-32-15-8-18(28)20-19(9-15)38-22(14-5-6-16(26)17(27)7-14)23(21(20)29)33-11-35-25(31)37-13(3)4/h5-9,12-13,26-28H,10-11H2,1-4H3. The van der Waals surface area contributed by atoms with Crippen LogP contribution in [-0.2, 0) is 18.9 Å². The van der Waals surface area contributed by atoms with Crippen molar-refractivity contribution in [1.29, 1.82) is 0 Å². The van der Waals surface area contributed by atoms with Gasteiger partial charge >= 0.3 is 12.3 Å². The molecule has 38 heavy (non-hydrogen) atoms. The second kappa shape index (κ2) is 12.0. The van der Waals surface area contributed by atoms with E-state index in [0.717, 1.165) is 18.2 Å². The van der Waals surface area contributed by atoms with E-state index in [9.17, 15) is 29.7 Å². The Hall–Kier alpha value is -4.81. The molecule has 0 saturated carbocycles. The van der Waals surface area contributed by atoms with Gasteiger partial charge in [0.1, 0.15) is 22.5 Å². The van der Waals surface area contributed by atoms with E-state index < -0.39 is 66.5 Å². The molecule has 3 rings (SSSR count). The highest BCUT2D eigenvalue weighted by Crippen LogP contribution is 2.38. The normalized spacial score (nSPS) is 10.9. The van der Waals surface area contributed by atoms with Crippen LogP contribution in [0.3, 0.4) is 0 Å². The largest absolute Gasteiger partial charge is 0.511 e. The molecule has 0 spiro atoms. The van der Waals surface area contributed by atoms with Gasteiger partial charge in [-0.15, -0.1) is 0 Å². The molecular weight excluding hydrogens is 508 g/mol. The van der Waals surface area contributed by atoms with Crippen LogP contribution in [0.5, 0.6) is 28.7 Å². The van der Waals surface area contributed by atoms with Crippen molar-refractivity contribution in [3.63, 3.8) is 0 Å². The van der Waals surface area contributed by atoms with Crippen molar-refractivity contribution in [2.24, 2.45) is 0 Å². The van der Waals surface area contributed by atoms with E-state index in [0.29, 0.717) is 0 Å². The maximum Gasteiger partial charge on any atom is 0.511 e. The first-order valence-corrected chi connectivity index (χ1v) is 11.2. The Kier molecular flexibility index (Phi) is 8.73. The zero-order valence-corrected chi connectivity index (χ0v) is 20.9. The van der Waals surface area contributed by atoms with E-state index in [1.165, 1.54) is 12.1 Å². The smallest absolute Gasteiger partial charge is 0.507 e. The summed E-state index contributed by atoms with van der Waals surface area (Å²) in [7, 11) is 0. The monoisotopic (exact) mass is 534 g/mol. The van der Waals surface area contributed by atoms with Crippen LogP contribution in [0.25, 0.3) is 22.3 Å². The molecule has 0 aliphatic heterocycles. The molecule has 2 aromatic carbocycles. The number of ether oxygens (including phenoxy) is 6. The number of rotatable bonds is 9. The van der Waals surface area contributed by atoms with E-state index in [4.69, 9.17) is 32.8 Å². The van der Waals surface area contributed by atoms with Gasteiger partial charge in [-0.1, -0.05) is 0 Å². The summed E-state index contributed by atoms with van der Waals surface area (Å²) in [5.74, 6) is -2.22. The lowest BCUT2D eigenvalue weighted by molar-refractivity contribution is -0.00974. The summed E-state index contributed by atoms with van der Waals surface area (Å²) in [6, 6.07) is 5.92. The molecule has 204 valence electrons. The summed E-state index contributed by atoms with van der Waals surface area (Å²) in [4.78, 5) is 36.5. The summed E-state index contributed by atoms with van der Waals surface area (Å²) < 4.78 is 35.7. The lowest BCUT2D eigenvalue weighted by Crippen LogP contribution is -2.18. The fourth-order valence-corrected chi connectivity index (χ4v) is 3.06. The van der Waals surface area contributed by atoms with E-state index in [2.05, 4.69) is 0 Å². The number of hydrogen-bond donors (Lipinski definition) is 3. The van der Waals surface area contributed by atoms with Crippen molar-refractivity contribution in [3.8, 4) is 40.1 Å².